The van der Waals surface area contributed by atoms with Gasteiger partial charge in [-0.2, -0.15) is 10.2 Å². The van der Waals surface area contributed by atoms with E-state index in [1.807, 2.05) is 0 Å². The Morgan fingerprint density at radius 2 is 2.08 bits per heavy atom. The predicted molar refractivity (Wildman–Crippen MR) is 140 cm³/mol. The first-order valence-corrected chi connectivity index (χ1v) is 11.7. The van der Waals surface area contributed by atoms with Gasteiger partial charge in [0.2, 0.25) is 0 Å². The van der Waals surface area contributed by atoms with Gasteiger partial charge >= 0.3 is 0 Å². The second-order valence-electron chi connectivity index (χ2n) is 8.46. The zero-order chi connectivity index (χ0) is 24.8. The number of hydrogen-bond acceptors (Lipinski definition) is 9. The average Bonchev–Trinajstić information content (AvgIpc) is 3.50. The minimum absolute atomic E-state index is 0. The number of primary amides is 1. The summed E-state index contributed by atoms with van der Waals surface area (Å²) in [6.45, 7) is 1.63. The van der Waals surface area contributed by atoms with Crippen molar-refractivity contribution in [1.29, 1.82) is 0 Å². The van der Waals surface area contributed by atoms with E-state index in [-0.39, 0.29) is 30.0 Å². The standard InChI is InChI=1S/C23H21ClN10O2.ClH/c24-15-8-12(3-4-16(15)36-14-5-7-33-17(9-14)28-11-29-33)22-30-20(25)18-19(21(26)35)32-34(23(18)31-22)13-2-1-6-27-10-13;/h3-5,7-9,11,13,27H,1-2,6,10H2,(H2,26,35)(H2,25,30,31);1H. The van der Waals surface area contributed by atoms with Crippen LogP contribution in [-0.2, 0) is 0 Å². The van der Waals surface area contributed by atoms with E-state index in [1.165, 1.54) is 6.33 Å². The van der Waals surface area contributed by atoms with E-state index >= 15 is 0 Å². The molecule has 12 nitrogen and oxygen atoms in total. The van der Waals surface area contributed by atoms with Gasteiger partial charge in [-0.05, 0) is 43.7 Å². The fraction of sp³-hybridized carbons (Fsp3) is 0.217. The van der Waals surface area contributed by atoms with Gasteiger partial charge in [-0.1, -0.05) is 11.6 Å². The van der Waals surface area contributed by atoms with Crippen LogP contribution in [0.5, 0.6) is 11.5 Å². The quantitative estimate of drug-likeness (QED) is 0.303. The van der Waals surface area contributed by atoms with Crippen LogP contribution < -0.4 is 21.5 Å². The number of nitrogens with two attached hydrogens (primary N) is 2. The number of nitrogen functional groups attached to an aromatic ring is 1. The second-order valence-corrected chi connectivity index (χ2v) is 8.87. The number of amides is 1. The van der Waals surface area contributed by atoms with E-state index in [2.05, 4.69) is 25.5 Å². The minimum atomic E-state index is -0.681. The van der Waals surface area contributed by atoms with Crippen molar-refractivity contribution in [2.75, 3.05) is 18.8 Å². The topological polar surface area (TPSA) is 164 Å². The normalized spacial score (nSPS) is 15.5. The van der Waals surface area contributed by atoms with E-state index in [0.29, 0.717) is 51.1 Å². The zero-order valence-corrected chi connectivity index (χ0v) is 20.9. The number of carbonyl (C=O) groups excluding carboxylic acids is 1. The predicted octanol–water partition coefficient (Wildman–Crippen LogP) is 3.01. The molecule has 5 N–H and O–H groups in total. The van der Waals surface area contributed by atoms with E-state index in [4.69, 9.17) is 32.8 Å². The molecule has 1 aliphatic heterocycles. The van der Waals surface area contributed by atoms with Crippen molar-refractivity contribution < 1.29 is 9.53 Å². The highest BCUT2D eigenvalue weighted by molar-refractivity contribution is 6.32. The third-order valence-electron chi connectivity index (χ3n) is 6.10. The number of halogens is 2. The molecule has 1 unspecified atom stereocenters. The Bertz CT molecular complexity index is 1630. The van der Waals surface area contributed by atoms with Gasteiger partial charge in [-0.25, -0.2) is 24.1 Å². The molecule has 37 heavy (non-hydrogen) atoms. The van der Waals surface area contributed by atoms with Gasteiger partial charge in [-0.15, -0.1) is 12.4 Å². The Morgan fingerprint density at radius 3 is 2.84 bits per heavy atom. The van der Waals surface area contributed by atoms with E-state index in [0.717, 1.165) is 19.4 Å². The van der Waals surface area contributed by atoms with Crippen LogP contribution in [0, 0.1) is 0 Å². The number of carbonyl (C=O) groups is 1. The first-order chi connectivity index (χ1) is 17.5. The summed E-state index contributed by atoms with van der Waals surface area (Å²) in [5.74, 6) is 0.805. The van der Waals surface area contributed by atoms with Crippen LogP contribution in [0.3, 0.4) is 0 Å². The summed E-state index contributed by atoms with van der Waals surface area (Å²) in [6.07, 6.45) is 5.08. The van der Waals surface area contributed by atoms with Crippen LogP contribution >= 0.6 is 24.0 Å². The van der Waals surface area contributed by atoms with Crippen molar-refractivity contribution in [3.05, 3.63) is 53.6 Å². The first-order valence-electron chi connectivity index (χ1n) is 11.3. The molecule has 0 radical (unpaired) electrons. The van der Waals surface area contributed by atoms with Gasteiger partial charge in [0.15, 0.2) is 22.8 Å². The lowest BCUT2D eigenvalue weighted by atomic mass is 10.1. The summed E-state index contributed by atoms with van der Waals surface area (Å²) in [5, 5.41) is 12.6. The maximum absolute atomic E-state index is 12.1. The lowest BCUT2D eigenvalue weighted by Gasteiger charge is -2.23. The molecule has 190 valence electrons. The highest BCUT2D eigenvalue weighted by Crippen LogP contribution is 2.34. The molecule has 1 aliphatic rings. The summed E-state index contributed by atoms with van der Waals surface area (Å²) in [7, 11) is 0. The lowest BCUT2D eigenvalue weighted by Crippen LogP contribution is -2.32. The molecule has 0 aliphatic carbocycles. The van der Waals surface area contributed by atoms with Crippen LogP contribution in [0.1, 0.15) is 29.4 Å². The first kappa shape index (κ1) is 24.7. The molecule has 1 saturated heterocycles. The molecular weight excluding hydrogens is 519 g/mol. The number of rotatable bonds is 5. The van der Waals surface area contributed by atoms with Crippen molar-refractivity contribution in [3.63, 3.8) is 0 Å². The summed E-state index contributed by atoms with van der Waals surface area (Å²) >= 11 is 6.55. The summed E-state index contributed by atoms with van der Waals surface area (Å²) in [6, 6.07) is 8.75. The number of ether oxygens (including phenoxy) is 1. The number of anilines is 1. The van der Waals surface area contributed by atoms with Crippen LogP contribution in [0.2, 0.25) is 5.02 Å². The summed E-state index contributed by atoms with van der Waals surface area (Å²) in [5.41, 5.74) is 13.7. The van der Waals surface area contributed by atoms with Gasteiger partial charge in [0, 0.05) is 24.4 Å². The third-order valence-corrected chi connectivity index (χ3v) is 6.39. The van der Waals surface area contributed by atoms with Crippen LogP contribution in [0.4, 0.5) is 5.82 Å². The van der Waals surface area contributed by atoms with Crippen molar-refractivity contribution in [2.45, 2.75) is 18.9 Å². The van der Waals surface area contributed by atoms with Gasteiger partial charge in [0.25, 0.3) is 5.91 Å². The van der Waals surface area contributed by atoms with Crippen molar-refractivity contribution in [2.24, 2.45) is 5.73 Å². The molecule has 1 atom stereocenters. The maximum atomic E-state index is 12.1. The smallest absolute Gasteiger partial charge is 0.270 e. The molecule has 0 bridgehead atoms. The van der Waals surface area contributed by atoms with Gasteiger partial charge in [0.05, 0.1) is 16.5 Å². The van der Waals surface area contributed by atoms with E-state index in [1.54, 1.807) is 45.7 Å². The SMILES string of the molecule is Cl.NC(=O)c1nn(C2CCCNC2)c2nc(-c3ccc(Oc4ccn5ncnc5c4)c(Cl)c3)nc(N)c12. The number of benzene rings is 1. The number of nitrogens with one attached hydrogen (secondary N) is 1. The van der Waals surface area contributed by atoms with Gasteiger partial charge < -0.3 is 21.5 Å². The third kappa shape index (κ3) is 4.50. The monoisotopic (exact) mass is 540 g/mol. The Hall–Kier alpha value is -4.00. The highest BCUT2D eigenvalue weighted by Gasteiger charge is 2.26. The summed E-state index contributed by atoms with van der Waals surface area (Å²) < 4.78 is 9.31. The van der Waals surface area contributed by atoms with Crippen LogP contribution in [0.25, 0.3) is 28.1 Å². The maximum Gasteiger partial charge on any atom is 0.270 e. The molecule has 14 heteroatoms. The van der Waals surface area contributed by atoms with Gasteiger partial charge in [-0.3, -0.25) is 4.79 Å². The minimum Gasteiger partial charge on any atom is -0.456 e. The van der Waals surface area contributed by atoms with Gasteiger partial charge in [0.1, 0.15) is 23.6 Å². The number of aromatic nitrogens is 7. The molecule has 1 amide bonds. The van der Waals surface area contributed by atoms with Crippen molar-refractivity contribution >= 4 is 52.4 Å². The lowest BCUT2D eigenvalue weighted by molar-refractivity contribution is 0.0995. The largest absolute Gasteiger partial charge is 0.456 e. The molecule has 6 rings (SSSR count). The van der Waals surface area contributed by atoms with Crippen molar-refractivity contribution in [1.82, 2.24) is 39.7 Å². The average molecular weight is 541 g/mol. The Morgan fingerprint density at radius 1 is 1.22 bits per heavy atom. The molecule has 0 spiro atoms. The Kier molecular flexibility index (Phi) is 6.54. The number of fused-ring (bicyclic) bond motifs is 2. The fourth-order valence-electron chi connectivity index (χ4n) is 4.37. The fourth-order valence-corrected chi connectivity index (χ4v) is 4.59. The number of hydrogen-bond donors (Lipinski definition) is 3. The number of nitrogens with zero attached hydrogens (tertiary/aromatic N) is 7. The molecular formula is C23H22Cl2N10O2. The van der Waals surface area contributed by atoms with Crippen molar-refractivity contribution in [3.8, 4) is 22.9 Å². The van der Waals surface area contributed by atoms with Crippen LogP contribution in [0.15, 0.2) is 42.9 Å². The molecule has 5 heterocycles. The molecule has 1 fully saturated rings. The van der Waals surface area contributed by atoms with E-state index in [9.17, 15) is 4.79 Å². The number of piperidine rings is 1. The Balaban J connectivity index is 0.00000280. The number of pyridine rings is 1. The zero-order valence-electron chi connectivity index (χ0n) is 19.3. The molecule has 4 aromatic heterocycles. The molecule has 5 aromatic rings. The highest BCUT2D eigenvalue weighted by atomic mass is 35.5. The van der Waals surface area contributed by atoms with E-state index < -0.39 is 5.91 Å². The van der Waals surface area contributed by atoms with Crippen LogP contribution in [-0.4, -0.2) is 53.3 Å². The summed E-state index contributed by atoms with van der Waals surface area (Å²) in [4.78, 5) is 25.4. The Labute approximate surface area is 221 Å². The second kappa shape index (κ2) is 9.81. The molecule has 1 aromatic carbocycles. The molecule has 0 saturated carbocycles.